The molecule has 0 spiro atoms. The number of hydrogen-bond acceptors (Lipinski definition) is 3. The highest BCUT2D eigenvalue weighted by Crippen LogP contribution is 2.29. The molecule has 1 fully saturated rings. The van der Waals surface area contributed by atoms with Gasteiger partial charge >= 0.3 is 0 Å². The summed E-state index contributed by atoms with van der Waals surface area (Å²) in [4.78, 5) is 0. The molecule has 1 aliphatic carbocycles. The van der Waals surface area contributed by atoms with Crippen LogP contribution >= 0.6 is 0 Å². The first-order valence-corrected chi connectivity index (χ1v) is 6.45. The van der Waals surface area contributed by atoms with Crippen LogP contribution in [0.4, 0.5) is 11.4 Å². The number of benzene rings is 1. The molecule has 1 aromatic carbocycles. The zero-order chi connectivity index (χ0) is 12.3. The Morgan fingerprint density at radius 2 is 2.12 bits per heavy atom. The fourth-order valence-corrected chi connectivity index (χ4v) is 2.63. The van der Waals surface area contributed by atoms with Crippen LogP contribution in [0.1, 0.15) is 31.2 Å². The SMILES string of the molecule is Cc1c(N)cccc1NC1CCCCC1CO. The summed E-state index contributed by atoms with van der Waals surface area (Å²) in [5, 5.41) is 12.9. The van der Waals surface area contributed by atoms with Gasteiger partial charge in [0, 0.05) is 29.9 Å². The molecule has 2 rings (SSSR count). The van der Waals surface area contributed by atoms with Gasteiger partial charge in [-0.25, -0.2) is 0 Å². The van der Waals surface area contributed by atoms with E-state index in [9.17, 15) is 5.11 Å². The van der Waals surface area contributed by atoms with Crippen molar-refractivity contribution < 1.29 is 5.11 Å². The van der Waals surface area contributed by atoms with Crippen LogP contribution in [0.2, 0.25) is 0 Å². The molecule has 94 valence electrons. The molecule has 1 saturated carbocycles. The minimum absolute atomic E-state index is 0.277. The zero-order valence-electron chi connectivity index (χ0n) is 10.4. The van der Waals surface area contributed by atoms with Crippen LogP contribution in [-0.4, -0.2) is 17.8 Å². The van der Waals surface area contributed by atoms with Crippen LogP contribution in [0, 0.1) is 12.8 Å². The van der Waals surface area contributed by atoms with Gasteiger partial charge in [-0.15, -0.1) is 0 Å². The second-order valence-corrected chi connectivity index (χ2v) is 5.00. The summed E-state index contributed by atoms with van der Waals surface area (Å²) in [7, 11) is 0. The third kappa shape index (κ3) is 2.72. The smallest absolute Gasteiger partial charge is 0.0478 e. The quantitative estimate of drug-likeness (QED) is 0.704. The minimum atomic E-state index is 0.277. The Bertz CT molecular complexity index is 378. The Labute approximate surface area is 103 Å². The van der Waals surface area contributed by atoms with Crippen molar-refractivity contribution in [3.63, 3.8) is 0 Å². The fraction of sp³-hybridized carbons (Fsp3) is 0.571. The van der Waals surface area contributed by atoms with Gasteiger partial charge < -0.3 is 16.2 Å². The summed E-state index contributed by atoms with van der Waals surface area (Å²) in [5.41, 5.74) is 8.94. The number of hydrogen-bond donors (Lipinski definition) is 3. The average molecular weight is 234 g/mol. The largest absolute Gasteiger partial charge is 0.398 e. The lowest BCUT2D eigenvalue weighted by molar-refractivity contribution is 0.178. The second-order valence-electron chi connectivity index (χ2n) is 5.00. The maximum absolute atomic E-state index is 9.40. The lowest BCUT2D eigenvalue weighted by atomic mass is 9.85. The van der Waals surface area contributed by atoms with Crippen molar-refractivity contribution in [2.75, 3.05) is 17.7 Å². The van der Waals surface area contributed by atoms with Gasteiger partial charge in [0.05, 0.1) is 0 Å². The maximum Gasteiger partial charge on any atom is 0.0478 e. The van der Waals surface area contributed by atoms with Crippen molar-refractivity contribution in [2.24, 2.45) is 5.92 Å². The van der Waals surface area contributed by atoms with Crippen LogP contribution in [0.5, 0.6) is 0 Å². The van der Waals surface area contributed by atoms with Crippen molar-refractivity contribution in [1.29, 1.82) is 0 Å². The van der Waals surface area contributed by atoms with E-state index >= 15 is 0 Å². The summed E-state index contributed by atoms with van der Waals surface area (Å²) in [6, 6.07) is 6.34. The van der Waals surface area contributed by atoms with E-state index in [1.807, 2.05) is 19.1 Å². The highest BCUT2D eigenvalue weighted by atomic mass is 16.3. The van der Waals surface area contributed by atoms with E-state index in [0.717, 1.165) is 29.8 Å². The van der Waals surface area contributed by atoms with Gasteiger partial charge in [0.2, 0.25) is 0 Å². The molecule has 3 heteroatoms. The first-order valence-electron chi connectivity index (χ1n) is 6.45. The van der Waals surface area contributed by atoms with Crippen molar-refractivity contribution in [2.45, 2.75) is 38.6 Å². The number of nitrogens with two attached hydrogens (primary N) is 1. The van der Waals surface area contributed by atoms with Crippen LogP contribution in [-0.2, 0) is 0 Å². The molecule has 2 unspecified atom stereocenters. The Morgan fingerprint density at radius 3 is 2.88 bits per heavy atom. The maximum atomic E-state index is 9.40. The van der Waals surface area contributed by atoms with E-state index in [1.165, 1.54) is 12.8 Å². The van der Waals surface area contributed by atoms with Crippen molar-refractivity contribution in [1.82, 2.24) is 0 Å². The monoisotopic (exact) mass is 234 g/mol. The molecular weight excluding hydrogens is 212 g/mol. The minimum Gasteiger partial charge on any atom is -0.398 e. The van der Waals surface area contributed by atoms with Gasteiger partial charge in [0.1, 0.15) is 0 Å². The van der Waals surface area contributed by atoms with Crippen molar-refractivity contribution >= 4 is 11.4 Å². The van der Waals surface area contributed by atoms with Gasteiger partial charge in [-0.1, -0.05) is 18.9 Å². The molecule has 3 nitrogen and oxygen atoms in total. The molecule has 0 amide bonds. The lowest BCUT2D eigenvalue weighted by Crippen LogP contribution is -2.34. The molecule has 0 aliphatic heterocycles. The van der Waals surface area contributed by atoms with E-state index in [4.69, 9.17) is 5.73 Å². The third-order valence-electron chi connectivity index (χ3n) is 3.86. The molecule has 0 radical (unpaired) electrons. The number of nitrogen functional groups attached to an aromatic ring is 1. The Kier molecular flexibility index (Phi) is 3.89. The molecule has 0 heterocycles. The summed E-state index contributed by atoms with van der Waals surface area (Å²) < 4.78 is 0. The number of aliphatic hydroxyl groups is 1. The van der Waals surface area contributed by atoms with Gasteiger partial charge in [-0.3, -0.25) is 0 Å². The number of nitrogens with one attached hydrogen (secondary N) is 1. The van der Waals surface area contributed by atoms with Crippen LogP contribution in [0.15, 0.2) is 18.2 Å². The van der Waals surface area contributed by atoms with E-state index in [2.05, 4.69) is 11.4 Å². The molecule has 0 saturated heterocycles. The first-order chi connectivity index (χ1) is 8.22. The normalized spacial score (nSPS) is 24.6. The van der Waals surface area contributed by atoms with Crippen LogP contribution in [0.25, 0.3) is 0 Å². The molecular formula is C14H22N2O. The van der Waals surface area contributed by atoms with Gasteiger partial charge in [-0.05, 0) is 37.5 Å². The van der Waals surface area contributed by atoms with Gasteiger partial charge in [0.25, 0.3) is 0 Å². The van der Waals surface area contributed by atoms with Crippen LogP contribution in [0.3, 0.4) is 0 Å². The molecule has 0 aromatic heterocycles. The van der Waals surface area contributed by atoms with E-state index in [0.29, 0.717) is 12.0 Å². The van der Waals surface area contributed by atoms with Crippen molar-refractivity contribution in [3.05, 3.63) is 23.8 Å². The highest BCUT2D eigenvalue weighted by Gasteiger charge is 2.24. The van der Waals surface area contributed by atoms with E-state index < -0.39 is 0 Å². The molecule has 0 bridgehead atoms. The second kappa shape index (κ2) is 5.41. The predicted octanol–water partition coefficient (Wildman–Crippen LogP) is 2.54. The molecule has 1 aliphatic rings. The van der Waals surface area contributed by atoms with E-state index in [1.54, 1.807) is 0 Å². The average Bonchev–Trinajstić information content (AvgIpc) is 2.35. The molecule has 1 aromatic rings. The Morgan fingerprint density at radius 1 is 1.35 bits per heavy atom. The lowest BCUT2D eigenvalue weighted by Gasteiger charge is -2.32. The third-order valence-corrected chi connectivity index (χ3v) is 3.86. The Balaban J connectivity index is 2.11. The summed E-state index contributed by atoms with van der Waals surface area (Å²) in [6.45, 7) is 2.31. The van der Waals surface area contributed by atoms with E-state index in [-0.39, 0.29) is 6.61 Å². The van der Waals surface area contributed by atoms with Gasteiger partial charge in [-0.2, -0.15) is 0 Å². The first kappa shape index (κ1) is 12.2. The summed E-state index contributed by atoms with van der Waals surface area (Å²) in [5.74, 6) is 0.379. The standard InChI is InChI=1S/C14H22N2O/c1-10-12(15)6-4-8-13(10)16-14-7-3-2-5-11(14)9-17/h4,6,8,11,14,16-17H,2-3,5,7,9,15H2,1H3. The molecule has 2 atom stereocenters. The number of rotatable bonds is 3. The Hall–Kier alpha value is -1.22. The molecule has 17 heavy (non-hydrogen) atoms. The van der Waals surface area contributed by atoms with Crippen molar-refractivity contribution in [3.8, 4) is 0 Å². The number of aliphatic hydroxyl groups excluding tert-OH is 1. The van der Waals surface area contributed by atoms with Gasteiger partial charge in [0.15, 0.2) is 0 Å². The highest BCUT2D eigenvalue weighted by molar-refractivity contribution is 5.63. The number of anilines is 2. The zero-order valence-corrected chi connectivity index (χ0v) is 10.4. The molecule has 4 N–H and O–H groups in total. The summed E-state index contributed by atoms with van der Waals surface area (Å²) >= 11 is 0. The fourth-order valence-electron chi connectivity index (χ4n) is 2.63. The topological polar surface area (TPSA) is 58.3 Å². The summed E-state index contributed by atoms with van der Waals surface area (Å²) in [6.07, 6.45) is 4.74. The predicted molar refractivity (Wildman–Crippen MR) is 72.0 cm³/mol. The van der Waals surface area contributed by atoms with Crippen LogP contribution < -0.4 is 11.1 Å².